The Morgan fingerprint density at radius 1 is 0.852 bits per heavy atom. The summed E-state index contributed by atoms with van der Waals surface area (Å²) < 4.78 is 0. The lowest BCUT2D eigenvalue weighted by Gasteiger charge is -2.33. The number of pyridine rings is 1. The lowest BCUT2D eigenvalue weighted by Crippen LogP contribution is -3.11. The Morgan fingerprint density at radius 2 is 1.59 bits per heavy atom. The van der Waals surface area contributed by atoms with Crippen molar-refractivity contribution in [1.29, 1.82) is 0 Å². The number of fused-ring (bicyclic) bond motifs is 2. The van der Waals surface area contributed by atoms with Crippen molar-refractivity contribution in [3.05, 3.63) is 90.3 Å². The van der Waals surface area contributed by atoms with Crippen LogP contribution >= 0.6 is 0 Å². The maximum absolute atomic E-state index is 4.39. The number of quaternary nitrogens is 1. The summed E-state index contributed by atoms with van der Waals surface area (Å²) in [6.45, 7) is 2.30. The maximum Gasteiger partial charge on any atom is 0.115 e. The zero-order valence-electron chi connectivity index (χ0n) is 15.6. The molecular formula is C25H25N2+. The molecule has 3 aromatic carbocycles. The predicted octanol–water partition coefficient (Wildman–Crippen LogP) is 4.70. The van der Waals surface area contributed by atoms with E-state index in [1.165, 1.54) is 58.5 Å². The fourth-order valence-corrected chi connectivity index (χ4v) is 4.80. The second-order valence-electron chi connectivity index (χ2n) is 7.72. The number of nitrogens with zero attached hydrogens (tertiary/aromatic N) is 1. The highest BCUT2D eigenvalue weighted by atomic mass is 15.2. The minimum Gasteiger partial charge on any atom is -0.325 e. The molecule has 2 atom stereocenters. The molecule has 1 saturated heterocycles. The molecule has 5 rings (SSSR count). The van der Waals surface area contributed by atoms with Crippen molar-refractivity contribution >= 4 is 21.5 Å². The van der Waals surface area contributed by atoms with E-state index in [0.717, 1.165) is 6.54 Å². The summed E-state index contributed by atoms with van der Waals surface area (Å²) in [4.78, 5) is 6.06. The first-order chi connectivity index (χ1) is 13.4. The van der Waals surface area contributed by atoms with Crippen molar-refractivity contribution in [2.24, 2.45) is 0 Å². The number of aromatic nitrogens is 1. The van der Waals surface area contributed by atoms with Crippen LogP contribution in [0.3, 0.4) is 0 Å². The first-order valence-corrected chi connectivity index (χ1v) is 10.0. The molecule has 0 radical (unpaired) electrons. The van der Waals surface area contributed by atoms with Gasteiger partial charge in [0, 0.05) is 29.9 Å². The van der Waals surface area contributed by atoms with Gasteiger partial charge in [-0.2, -0.15) is 0 Å². The Kier molecular flexibility index (Phi) is 4.35. The van der Waals surface area contributed by atoms with Crippen LogP contribution in [0.1, 0.15) is 36.4 Å². The normalized spacial score (nSPS) is 20.1. The van der Waals surface area contributed by atoms with Crippen molar-refractivity contribution in [2.45, 2.75) is 31.8 Å². The number of hydrogen-bond acceptors (Lipinski definition) is 1. The number of likely N-dealkylation sites (tertiary alicyclic amines) is 1. The molecule has 4 aromatic rings. The van der Waals surface area contributed by atoms with E-state index in [4.69, 9.17) is 0 Å². The summed E-state index contributed by atoms with van der Waals surface area (Å²) in [5, 5.41) is 5.50. The van der Waals surface area contributed by atoms with Crippen LogP contribution in [-0.4, -0.2) is 11.5 Å². The lowest BCUT2D eigenvalue weighted by molar-refractivity contribution is -0.950. The molecule has 2 heteroatoms. The van der Waals surface area contributed by atoms with Crippen LogP contribution in [0.4, 0.5) is 0 Å². The third-order valence-electron chi connectivity index (χ3n) is 6.11. The predicted molar refractivity (Wildman–Crippen MR) is 112 cm³/mol. The topological polar surface area (TPSA) is 17.3 Å². The number of rotatable bonds is 3. The molecule has 0 amide bonds. The number of nitrogens with one attached hydrogen (secondary N) is 1. The molecule has 1 unspecified atom stereocenters. The van der Waals surface area contributed by atoms with E-state index >= 15 is 0 Å². The van der Waals surface area contributed by atoms with Gasteiger partial charge in [-0.3, -0.25) is 4.98 Å². The number of piperidine rings is 1. The molecular weight excluding hydrogens is 328 g/mol. The van der Waals surface area contributed by atoms with Gasteiger partial charge in [0.25, 0.3) is 0 Å². The molecule has 2 heterocycles. The maximum atomic E-state index is 4.39. The van der Waals surface area contributed by atoms with Gasteiger partial charge in [0.2, 0.25) is 0 Å². The number of benzene rings is 3. The third-order valence-corrected chi connectivity index (χ3v) is 6.11. The minimum absolute atomic E-state index is 0.546. The Balaban J connectivity index is 1.62. The largest absolute Gasteiger partial charge is 0.325 e. The molecule has 134 valence electrons. The quantitative estimate of drug-likeness (QED) is 0.529. The first-order valence-electron chi connectivity index (χ1n) is 10.0. The average molecular weight is 353 g/mol. The Bertz CT molecular complexity index is 1020. The summed E-state index contributed by atoms with van der Waals surface area (Å²) >= 11 is 0. The second-order valence-corrected chi connectivity index (χ2v) is 7.72. The zero-order chi connectivity index (χ0) is 18.1. The third kappa shape index (κ3) is 3.11. The fourth-order valence-electron chi connectivity index (χ4n) is 4.80. The van der Waals surface area contributed by atoms with Gasteiger partial charge in [-0.15, -0.1) is 0 Å². The van der Waals surface area contributed by atoms with Gasteiger partial charge >= 0.3 is 0 Å². The van der Waals surface area contributed by atoms with Crippen molar-refractivity contribution in [1.82, 2.24) is 4.98 Å². The SMILES string of the molecule is c1cncc([C@H]2CCCC[NH+]2Cc2c3ccccc3cc3ccccc23)c1. The average Bonchev–Trinajstić information content (AvgIpc) is 2.74. The lowest BCUT2D eigenvalue weighted by atomic mass is 9.93. The van der Waals surface area contributed by atoms with Gasteiger partial charge in [-0.1, -0.05) is 54.6 Å². The smallest absolute Gasteiger partial charge is 0.115 e. The van der Waals surface area contributed by atoms with Crippen LogP contribution in [0, 0.1) is 0 Å². The Hall–Kier alpha value is -2.71. The second kappa shape index (κ2) is 7.13. The summed E-state index contributed by atoms with van der Waals surface area (Å²) in [5.74, 6) is 0. The van der Waals surface area contributed by atoms with E-state index in [1.54, 1.807) is 4.90 Å². The van der Waals surface area contributed by atoms with E-state index in [-0.39, 0.29) is 0 Å². The van der Waals surface area contributed by atoms with E-state index < -0.39 is 0 Å². The summed E-state index contributed by atoms with van der Waals surface area (Å²) in [7, 11) is 0. The van der Waals surface area contributed by atoms with E-state index in [1.807, 2.05) is 6.20 Å². The molecule has 2 nitrogen and oxygen atoms in total. The van der Waals surface area contributed by atoms with Crippen LogP contribution in [0.2, 0.25) is 0 Å². The van der Waals surface area contributed by atoms with Gasteiger partial charge in [0.15, 0.2) is 0 Å². The van der Waals surface area contributed by atoms with Gasteiger partial charge in [-0.25, -0.2) is 0 Å². The van der Waals surface area contributed by atoms with Crippen LogP contribution in [0.15, 0.2) is 79.1 Å². The highest BCUT2D eigenvalue weighted by Gasteiger charge is 2.28. The summed E-state index contributed by atoms with van der Waals surface area (Å²) in [5.41, 5.74) is 2.88. The van der Waals surface area contributed by atoms with Crippen molar-refractivity contribution in [3.8, 4) is 0 Å². The van der Waals surface area contributed by atoms with Gasteiger partial charge in [0.1, 0.15) is 12.6 Å². The first kappa shape index (κ1) is 16.5. The molecule has 1 fully saturated rings. The minimum atomic E-state index is 0.546. The standard InChI is InChI=1S/C25H24N2/c1-3-11-22-19(8-1)16-20-9-2-4-12-23(20)24(22)18-27-15-6-5-13-25(27)21-10-7-14-26-17-21/h1-4,7-12,14,16-17,25H,5-6,13,15,18H2/p+1/t25-/m1/s1. The molecule has 0 bridgehead atoms. The van der Waals surface area contributed by atoms with Crippen LogP contribution in [0.5, 0.6) is 0 Å². The highest BCUT2D eigenvalue weighted by Crippen LogP contribution is 2.29. The van der Waals surface area contributed by atoms with E-state index in [9.17, 15) is 0 Å². The van der Waals surface area contributed by atoms with Gasteiger partial charge in [-0.05, 0) is 46.5 Å². The van der Waals surface area contributed by atoms with Crippen LogP contribution in [-0.2, 0) is 6.54 Å². The summed E-state index contributed by atoms with van der Waals surface area (Å²) in [6, 6.07) is 24.9. The van der Waals surface area contributed by atoms with E-state index in [2.05, 4.69) is 77.9 Å². The van der Waals surface area contributed by atoms with Crippen molar-refractivity contribution in [3.63, 3.8) is 0 Å². The summed E-state index contributed by atoms with van der Waals surface area (Å²) in [6.07, 6.45) is 7.83. The molecule has 1 aliphatic rings. The van der Waals surface area contributed by atoms with Crippen LogP contribution < -0.4 is 4.90 Å². The van der Waals surface area contributed by atoms with Gasteiger partial charge in [0.05, 0.1) is 6.54 Å². The molecule has 1 aromatic heterocycles. The Morgan fingerprint density at radius 3 is 2.30 bits per heavy atom. The molecule has 0 aliphatic carbocycles. The zero-order valence-corrected chi connectivity index (χ0v) is 15.6. The van der Waals surface area contributed by atoms with E-state index in [0.29, 0.717) is 6.04 Å². The van der Waals surface area contributed by atoms with Crippen molar-refractivity contribution in [2.75, 3.05) is 6.54 Å². The molecule has 0 spiro atoms. The molecule has 27 heavy (non-hydrogen) atoms. The fraction of sp³-hybridized carbons (Fsp3) is 0.240. The Labute approximate surface area is 160 Å². The molecule has 1 N–H and O–H groups in total. The van der Waals surface area contributed by atoms with Gasteiger partial charge < -0.3 is 4.90 Å². The molecule has 1 aliphatic heterocycles. The molecule has 0 saturated carbocycles. The highest BCUT2D eigenvalue weighted by molar-refractivity contribution is 6.02. The van der Waals surface area contributed by atoms with Crippen LogP contribution in [0.25, 0.3) is 21.5 Å². The monoisotopic (exact) mass is 353 g/mol. The number of hydrogen-bond donors (Lipinski definition) is 1. The van der Waals surface area contributed by atoms with Crippen molar-refractivity contribution < 1.29 is 4.90 Å².